The van der Waals surface area contributed by atoms with Gasteiger partial charge >= 0.3 is 5.97 Å². The Kier molecular flexibility index (Phi) is 3.34. The molecule has 0 unspecified atom stereocenters. The predicted octanol–water partition coefficient (Wildman–Crippen LogP) is 1.45. The number of esters is 1. The quantitative estimate of drug-likeness (QED) is 0.508. The van der Waals surface area contributed by atoms with Gasteiger partial charge in [-0.1, -0.05) is 0 Å². The van der Waals surface area contributed by atoms with Crippen LogP contribution in [0.4, 0.5) is 0 Å². The maximum Gasteiger partial charge on any atom is 0.356 e. The number of aromatic amines is 2. The standard InChI is InChI=1S/C13H9BrN8O2/c1-24-11(23)7-2-3-22-9(6-4-15-16-5-6)8(18-13(22)17-7)10-19-12(14)21-20-10/h2-5H,1H3,(H,15,16)(H,19,20,21). The lowest BCUT2D eigenvalue weighted by Crippen LogP contribution is -2.05. The van der Waals surface area contributed by atoms with E-state index in [0.29, 0.717) is 27.7 Å². The summed E-state index contributed by atoms with van der Waals surface area (Å²) in [5.41, 5.74) is 2.16. The van der Waals surface area contributed by atoms with Gasteiger partial charge in [-0.25, -0.2) is 14.8 Å². The van der Waals surface area contributed by atoms with Gasteiger partial charge in [0, 0.05) is 18.0 Å². The zero-order valence-electron chi connectivity index (χ0n) is 12.2. The minimum Gasteiger partial charge on any atom is -0.464 e. The van der Waals surface area contributed by atoms with Gasteiger partial charge in [0.1, 0.15) is 5.69 Å². The smallest absolute Gasteiger partial charge is 0.356 e. The Labute approximate surface area is 142 Å². The monoisotopic (exact) mass is 388 g/mol. The molecular formula is C13H9BrN8O2. The molecule has 0 aliphatic rings. The van der Waals surface area contributed by atoms with Gasteiger partial charge in [-0.15, -0.1) is 0 Å². The van der Waals surface area contributed by atoms with Crippen molar-refractivity contribution in [1.82, 2.24) is 39.7 Å². The van der Waals surface area contributed by atoms with Crippen LogP contribution in [0.2, 0.25) is 0 Å². The highest BCUT2D eigenvalue weighted by Gasteiger charge is 2.21. The first kappa shape index (κ1) is 14.5. The van der Waals surface area contributed by atoms with Gasteiger partial charge in [0.25, 0.3) is 0 Å². The van der Waals surface area contributed by atoms with E-state index in [1.807, 2.05) is 0 Å². The van der Waals surface area contributed by atoms with Crippen LogP contribution in [0.15, 0.2) is 29.4 Å². The normalized spacial score (nSPS) is 11.1. The summed E-state index contributed by atoms with van der Waals surface area (Å²) < 4.78 is 6.91. The second-order valence-corrected chi connectivity index (χ2v) is 5.47. The van der Waals surface area contributed by atoms with Crippen molar-refractivity contribution in [1.29, 1.82) is 0 Å². The third kappa shape index (κ3) is 2.25. The molecule has 2 N–H and O–H groups in total. The van der Waals surface area contributed by atoms with Crippen LogP contribution < -0.4 is 0 Å². The minimum atomic E-state index is -0.535. The number of hydrogen-bond donors (Lipinski definition) is 2. The molecule has 0 radical (unpaired) electrons. The molecule has 4 heterocycles. The van der Waals surface area contributed by atoms with Crippen molar-refractivity contribution >= 4 is 27.7 Å². The fraction of sp³-hybridized carbons (Fsp3) is 0.0769. The van der Waals surface area contributed by atoms with Crippen molar-refractivity contribution in [2.24, 2.45) is 0 Å². The molecule has 0 bridgehead atoms. The second kappa shape index (κ2) is 5.53. The number of imidazole rings is 1. The number of rotatable bonds is 3. The molecule has 0 aliphatic carbocycles. The molecule has 0 aromatic carbocycles. The van der Waals surface area contributed by atoms with Crippen LogP contribution in [-0.2, 0) is 4.74 Å². The number of aromatic nitrogens is 8. The molecule has 0 atom stereocenters. The molecule has 0 saturated carbocycles. The number of halogens is 1. The summed E-state index contributed by atoms with van der Waals surface area (Å²) in [5.74, 6) is 0.181. The Bertz CT molecular complexity index is 1040. The lowest BCUT2D eigenvalue weighted by molar-refractivity contribution is 0.0594. The summed E-state index contributed by atoms with van der Waals surface area (Å²) in [6.45, 7) is 0. The summed E-state index contributed by atoms with van der Waals surface area (Å²) >= 11 is 3.23. The van der Waals surface area contributed by atoms with E-state index in [4.69, 9.17) is 4.74 Å². The number of carbonyl (C=O) groups is 1. The Hall–Kier alpha value is -3.08. The molecule has 0 spiro atoms. The number of methoxy groups -OCH3 is 1. The molecule has 4 aromatic heterocycles. The zero-order valence-corrected chi connectivity index (χ0v) is 13.8. The molecule has 0 aliphatic heterocycles. The summed E-state index contributed by atoms with van der Waals surface area (Å²) in [6.07, 6.45) is 5.07. The summed E-state index contributed by atoms with van der Waals surface area (Å²) in [5, 5.41) is 13.6. The summed E-state index contributed by atoms with van der Waals surface area (Å²) in [7, 11) is 1.30. The third-order valence-corrected chi connectivity index (χ3v) is 3.69. The first-order valence-electron chi connectivity index (χ1n) is 6.72. The zero-order chi connectivity index (χ0) is 16.7. The topological polar surface area (TPSA) is 127 Å². The first-order chi connectivity index (χ1) is 11.7. The number of nitrogens with zero attached hydrogens (tertiary/aromatic N) is 6. The molecule has 0 saturated heterocycles. The Morgan fingerprint density at radius 3 is 2.88 bits per heavy atom. The number of nitrogens with one attached hydrogen (secondary N) is 2. The van der Waals surface area contributed by atoms with Gasteiger partial charge in [-0.3, -0.25) is 14.6 Å². The first-order valence-corrected chi connectivity index (χ1v) is 7.51. The predicted molar refractivity (Wildman–Crippen MR) is 85.0 cm³/mol. The van der Waals surface area contributed by atoms with Crippen molar-refractivity contribution in [2.45, 2.75) is 0 Å². The average Bonchev–Trinajstić information content (AvgIpc) is 3.31. The molecule has 11 heteroatoms. The number of hydrogen-bond acceptors (Lipinski definition) is 7. The fourth-order valence-electron chi connectivity index (χ4n) is 2.31. The van der Waals surface area contributed by atoms with Crippen LogP contribution in [0.1, 0.15) is 10.5 Å². The lowest BCUT2D eigenvalue weighted by atomic mass is 10.2. The summed E-state index contributed by atoms with van der Waals surface area (Å²) in [6, 6.07) is 1.56. The highest BCUT2D eigenvalue weighted by Crippen LogP contribution is 2.30. The number of ether oxygens (including phenoxy) is 1. The molecule has 0 amide bonds. The van der Waals surface area contributed by atoms with Crippen molar-refractivity contribution in [2.75, 3.05) is 7.11 Å². The van der Waals surface area contributed by atoms with E-state index in [1.165, 1.54) is 7.11 Å². The summed E-state index contributed by atoms with van der Waals surface area (Å²) in [4.78, 5) is 24.6. The van der Waals surface area contributed by atoms with Crippen LogP contribution in [-0.4, -0.2) is 52.8 Å². The van der Waals surface area contributed by atoms with E-state index in [0.717, 1.165) is 5.56 Å². The van der Waals surface area contributed by atoms with Crippen LogP contribution in [0.25, 0.3) is 28.6 Å². The minimum absolute atomic E-state index is 0.163. The second-order valence-electron chi connectivity index (χ2n) is 4.72. The lowest BCUT2D eigenvalue weighted by Gasteiger charge is -2.01. The highest BCUT2D eigenvalue weighted by molar-refractivity contribution is 9.10. The van der Waals surface area contributed by atoms with E-state index in [1.54, 1.807) is 29.1 Å². The average molecular weight is 389 g/mol. The Morgan fingerprint density at radius 1 is 1.33 bits per heavy atom. The van der Waals surface area contributed by atoms with Gasteiger partial charge < -0.3 is 4.74 Å². The van der Waals surface area contributed by atoms with Crippen LogP contribution in [0.3, 0.4) is 0 Å². The molecule has 24 heavy (non-hydrogen) atoms. The van der Waals surface area contributed by atoms with E-state index < -0.39 is 5.97 Å². The van der Waals surface area contributed by atoms with E-state index >= 15 is 0 Å². The Morgan fingerprint density at radius 2 is 2.21 bits per heavy atom. The van der Waals surface area contributed by atoms with Crippen molar-refractivity contribution in [3.63, 3.8) is 0 Å². The van der Waals surface area contributed by atoms with E-state index in [-0.39, 0.29) is 5.69 Å². The molecule has 0 fully saturated rings. The maximum absolute atomic E-state index is 11.7. The third-order valence-electron chi connectivity index (χ3n) is 3.33. The van der Waals surface area contributed by atoms with E-state index in [9.17, 15) is 4.79 Å². The van der Waals surface area contributed by atoms with Gasteiger partial charge in [0.2, 0.25) is 11.6 Å². The molecule has 4 aromatic rings. The maximum atomic E-state index is 11.7. The molecular weight excluding hydrogens is 380 g/mol. The largest absolute Gasteiger partial charge is 0.464 e. The highest BCUT2D eigenvalue weighted by atomic mass is 79.9. The SMILES string of the molecule is COC(=O)c1ccn2c(-c3cn[nH]c3)c(-c3n[nH]c(Br)n3)nc2n1. The molecule has 120 valence electrons. The Balaban J connectivity index is 1.99. The van der Waals surface area contributed by atoms with Crippen LogP contribution in [0.5, 0.6) is 0 Å². The fourth-order valence-corrected chi connectivity index (χ4v) is 2.57. The van der Waals surface area contributed by atoms with Crippen molar-refractivity contribution in [3.05, 3.63) is 35.1 Å². The van der Waals surface area contributed by atoms with E-state index in [2.05, 4.69) is 51.3 Å². The number of fused-ring (bicyclic) bond motifs is 1. The van der Waals surface area contributed by atoms with Gasteiger partial charge in [0.15, 0.2) is 10.4 Å². The van der Waals surface area contributed by atoms with Gasteiger partial charge in [-0.2, -0.15) is 15.2 Å². The van der Waals surface area contributed by atoms with Crippen molar-refractivity contribution < 1.29 is 9.53 Å². The number of H-pyrrole nitrogens is 2. The number of carbonyl (C=O) groups excluding carboxylic acids is 1. The van der Waals surface area contributed by atoms with Gasteiger partial charge in [0.05, 0.1) is 19.0 Å². The van der Waals surface area contributed by atoms with Crippen LogP contribution >= 0.6 is 15.9 Å². The van der Waals surface area contributed by atoms with Crippen LogP contribution in [0, 0.1) is 0 Å². The molecule has 4 rings (SSSR count). The van der Waals surface area contributed by atoms with Crippen molar-refractivity contribution in [3.8, 4) is 22.8 Å². The molecule has 10 nitrogen and oxygen atoms in total. The van der Waals surface area contributed by atoms with Gasteiger partial charge in [-0.05, 0) is 22.0 Å².